The number of nitrogens with two attached hydrogens (primary N) is 6. The molecule has 0 aliphatic carbocycles. The van der Waals surface area contributed by atoms with E-state index in [9.17, 15) is 58.7 Å². The van der Waals surface area contributed by atoms with E-state index in [0.717, 1.165) is 35.3 Å². The van der Waals surface area contributed by atoms with Crippen molar-refractivity contribution in [2.24, 2.45) is 0 Å². The minimum atomic E-state index is -4.34. The van der Waals surface area contributed by atoms with Gasteiger partial charge in [-0.05, 0) is 59.0 Å². The Morgan fingerprint density at radius 3 is 1.12 bits per heavy atom. The van der Waals surface area contributed by atoms with Crippen molar-refractivity contribution in [2.45, 2.75) is 142 Å². The average molecular weight is 2180 g/mol. The smallest absolute Gasteiger partial charge is 0.386 e. The molecular weight excluding hydrogens is 2110 g/mol. The Morgan fingerprint density at radius 1 is 0.404 bits per heavy atom. The van der Waals surface area contributed by atoms with Crippen LogP contribution in [0.3, 0.4) is 0 Å². The number of nitrogen functional groups attached to an aromatic ring is 6. The molecule has 6 unspecified atom stereocenters. The molecule has 10 aliphatic heterocycles. The van der Waals surface area contributed by atoms with Gasteiger partial charge in [0, 0.05) is 0 Å². The highest BCUT2D eigenvalue weighted by Crippen LogP contribution is 2.64. The Morgan fingerprint density at radius 2 is 0.728 bits per heavy atom. The molecule has 730 valence electrons. The molecular formula is C61H70F2N30O28P6S9. The van der Waals surface area contributed by atoms with E-state index in [1.807, 2.05) is 0 Å². The van der Waals surface area contributed by atoms with E-state index in [2.05, 4.69) is 102 Å². The topological polar surface area (TPSA) is 804 Å². The van der Waals surface area contributed by atoms with Crippen LogP contribution in [0.4, 0.5) is 44.1 Å². The van der Waals surface area contributed by atoms with Crippen molar-refractivity contribution < 1.29 is 126 Å². The summed E-state index contributed by atoms with van der Waals surface area (Å²) in [7, 11) is 0. The number of nitrogens with zero attached hydrogens (tertiary/aromatic N) is 21. The van der Waals surface area contributed by atoms with E-state index in [1.165, 1.54) is 79.8 Å². The second-order valence-electron chi connectivity index (χ2n) is 31.0. The first-order chi connectivity index (χ1) is 64.5. The lowest BCUT2D eigenvalue weighted by Gasteiger charge is -2.33. The summed E-state index contributed by atoms with van der Waals surface area (Å²) in [5, 5.41) is 28.6. The molecule has 22 rings (SSSR count). The maximum Gasteiger partial charge on any atom is 0.386 e. The predicted octanol–water partition coefficient (Wildman–Crippen LogP) is -0.993. The number of halogens is 2. The second-order valence-corrected chi connectivity index (χ2v) is 52.0. The van der Waals surface area contributed by atoms with Gasteiger partial charge in [0.1, 0.15) is 112 Å². The number of aliphatic hydroxyl groups excluding tert-OH is 3. The van der Waals surface area contributed by atoms with Gasteiger partial charge in [-0.3, -0.25) is 88.4 Å². The van der Waals surface area contributed by atoms with Crippen LogP contribution in [0.15, 0.2) is 71.3 Å². The Bertz CT molecular complexity index is 6980. The van der Waals surface area contributed by atoms with Crippen molar-refractivity contribution in [1.82, 2.24) is 117 Å². The largest absolute Gasteiger partial charge is 0.389 e. The molecule has 10 saturated heterocycles. The van der Waals surface area contributed by atoms with Gasteiger partial charge in [0.25, 0.3) is 16.7 Å². The third-order valence-corrected chi connectivity index (χ3v) is 36.6. The Labute approximate surface area is 797 Å². The highest BCUT2D eigenvalue weighted by molar-refractivity contribution is 8.44. The molecule has 58 nitrogen and oxygen atoms in total. The number of fused-ring (bicyclic) bond motifs is 14. The van der Waals surface area contributed by atoms with Gasteiger partial charge < -0.3 is 116 Å². The Kier molecular flexibility index (Phi) is 26.0. The minimum absolute atomic E-state index is 0.00947. The summed E-state index contributed by atoms with van der Waals surface area (Å²) in [5.41, 5.74) is 33.2. The van der Waals surface area contributed by atoms with Crippen molar-refractivity contribution in [3.63, 3.8) is 0 Å². The number of rotatable bonds is 6. The molecule has 22 heterocycles. The lowest BCUT2D eigenvalue weighted by molar-refractivity contribution is -0.183. The number of thiol groups is 1. The molecule has 23 N–H and O–H groups in total. The van der Waals surface area contributed by atoms with E-state index < -0.39 is 232 Å². The van der Waals surface area contributed by atoms with Crippen LogP contribution < -0.4 is 51.1 Å². The maximum absolute atomic E-state index is 16.0. The quantitative estimate of drug-likeness (QED) is 0.0702. The standard InChI is InChI=1S/C21H24N10O10P2S3.2C20H23FN10O9P2S3/c22-14-8-15(25-4-24-14)30(5-26-8)18-12-13-21(39-18,2-36-12)3-38-43(35,45)40-11-10(32)7(1-37-42(34,44)41-13)46-19(11)31-6-27-9-16(31)28-20(23)29-17(9)33;2*21-8-12-6(38-18(8)30-4-26-9-14(22)24-3-25-15(9)30)1-36-41(34,43)40-13-11(32)7(2-37-42(35,44)39-12)45-19(13)31-5-27-10-16(31)28-20(23)29-17(10)33/h4-7,10-13,18-19,32H,1-3H2,(H,34,44)(H,35,45)(H2,22,24,25)(H3,23,28,29,33);2*3-8,11-13,18-19,32H,1-2H2,(H,34,43)(H,35,44)(H2,22,24,25)(H3,23,28,29,33)/t7-,10-,11-,12-,13+,18-,19-,21-,42?,43?;2*6-,7-,8+,11-,12-,13-,18-,19-,41?,42?/m111/s1. The predicted molar refractivity (Wildman–Crippen MR) is 490 cm³/mol. The molecule has 10 fully saturated rings. The molecule has 0 saturated carbocycles. The zero-order valence-corrected chi connectivity index (χ0v) is 80.5. The van der Waals surface area contributed by atoms with Gasteiger partial charge in [0.05, 0.1) is 118 Å². The average Bonchev–Trinajstić information content (AvgIpc) is 1.55. The van der Waals surface area contributed by atoms with Crippen LogP contribution in [0.25, 0.3) is 67.0 Å². The monoisotopic (exact) mass is 2180 g/mol. The number of hydrogen-bond acceptors (Lipinski definition) is 52. The van der Waals surface area contributed by atoms with Crippen LogP contribution >= 0.6 is 87.9 Å². The van der Waals surface area contributed by atoms with Gasteiger partial charge >= 0.3 is 40.4 Å². The molecule has 0 aromatic carbocycles. The number of imidazole rings is 6. The lowest BCUT2D eigenvalue weighted by Crippen LogP contribution is -2.45. The molecule has 30 atom stereocenters. The minimum Gasteiger partial charge on any atom is -0.389 e. The van der Waals surface area contributed by atoms with Crippen LogP contribution in [0.2, 0.25) is 0 Å². The number of ether oxygens (including phenoxy) is 4. The molecule has 0 spiro atoms. The fourth-order valence-corrected chi connectivity index (χ4v) is 30.2. The van der Waals surface area contributed by atoms with Crippen molar-refractivity contribution in [2.75, 3.05) is 80.7 Å². The number of thioether (sulfide) groups is 3. The van der Waals surface area contributed by atoms with Crippen molar-refractivity contribution in [3.05, 3.63) is 88.0 Å². The summed E-state index contributed by atoms with van der Waals surface area (Å²) in [5.74, 6) is -0.238. The number of H-pyrrole nitrogens is 3. The summed E-state index contributed by atoms with van der Waals surface area (Å²) < 4.78 is 147. The Hall–Kier alpha value is -6.72. The van der Waals surface area contributed by atoms with Gasteiger partial charge in [0.2, 0.25) is 17.8 Å². The van der Waals surface area contributed by atoms with E-state index in [1.54, 1.807) is 4.57 Å². The van der Waals surface area contributed by atoms with E-state index in [0.29, 0.717) is 11.2 Å². The van der Waals surface area contributed by atoms with Crippen molar-refractivity contribution in [3.8, 4) is 0 Å². The van der Waals surface area contributed by atoms with E-state index in [4.69, 9.17) is 167 Å². The number of hydrogen-bond donors (Lipinski definition) is 18. The Balaban J connectivity index is 0.000000126. The van der Waals surface area contributed by atoms with Crippen LogP contribution in [0.1, 0.15) is 34.8 Å². The van der Waals surface area contributed by atoms with Crippen LogP contribution in [-0.4, -0.2) is 310 Å². The lowest BCUT2D eigenvalue weighted by atomic mass is 10.0. The van der Waals surface area contributed by atoms with E-state index >= 15 is 8.78 Å². The van der Waals surface area contributed by atoms with Crippen LogP contribution in [-0.2, 0) is 137 Å². The van der Waals surface area contributed by atoms with Crippen LogP contribution in [0, 0.1) is 0 Å². The zero-order valence-electron chi connectivity index (χ0n) is 67.7. The first kappa shape index (κ1) is 96.8. The fourth-order valence-electron chi connectivity index (χ4n) is 16.5. The van der Waals surface area contributed by atoms with Gasteiger partial charge in [-0.1, -0.05) is 12.2 Å². The van der Waals surface area contributed by atoms with Gasteiger partial charge in [0.15, 0.2) is 98.9 Å². The molecule has 0 radical (unpaired) electrons. The SMILES string of the molecule is Nc1nc2c(ncn2[C@@H]2S[C@@H]3COP(O)(=S)O[C@H]4[C@H](F)[C@H](n5cnc6c(N)ncnc65)O[C@@H]4COP(=O)(S)O[C@@H]2[C@@H]3O)c(=O)[nH]1.Nc1nc2c(ncn2[C@@H]2S[C@@H]3COP(O)(=S)O[C@H]4[C@H](F)[C@H](n5cnc6c(N)ncnc65)O[C@@H]4COP(O)(=S)O[C@@H]2[C@@H]3O)c(=O)[nH]1.Nc1nc2c(ncn2[C@@H]2S[C@@H]3COP(O)(=S)O[C@H]4[C@H]5OC[C@]4(COP(O)(=S)O[C@@H]2[C@@H]3O)O[C@H]5n2cnc3c(N)ncnc32)c(=O)[nH]1. The fraction of sp³-hybridized carbons (Fsp3) is 0.508. The first-order valence-electron chi connectivity index (χ1n) is 39.3. The number of aromatic amines is 3. The number of nitrogens with one attached hydrogen (secondary N) is 3. The van der Waals surface area contributed by atoms with Crippen molar-refractivity contribution >= 4 is 249 Å². The van der Waals surface area contributed by atoms with Crippen LogP contribution in [0.5, 0.6) is 0 Å². The number of aromatic nitrogens is 24. The summed E-state index contributed by atoms with van der Waals surface area (Å²) in [6.07, 6.45) is -11.9. The second kappa shape index (κ2) is 36.6. The summed E-state index contributed by atoms with van der Waals surface area (Å²) in [6, 6.07) is 0. The number of aliphatic hydroxyl groups is 3. The third-order valence-electron chi connectivity index (χ3n) is 22.6. The van der Waals surface area contributed by atoms with Gasteiger partial charge in [-0.25, -0.2) is 73.2 Å². The third kappa shape index (κ3) is 18.3. The number of anilines is 6. The van der Waals surface area contributed by atoms with Crippen molar-refractivity contribution in [1.29, 1.82) is 0 Å². The zero-order chi connectivity index (χ0) is 95.8. The molecule has 12 aromatic rings. The summed E-state index contributed by atoms with van der Waals surface area (Å²) in [6.45, 7) is -27.9. The highest BCUT2D eigenvalue weighted by Gasteiger charge is 2.66. The molecule has 0 amide bonds. The highest BCUT2D eigenvalue weighted by atomic mass is 32.7. The van der Waals surface area contributed by atoms with Gasteiger partial charge in [-0.15, -0.1) is 35.3 Å². The van der Waals surface area contributed by atoms with Gasteiger partial charge in [-0.2, -0.15) is 15.0 Å². The molecule has 75 heteroatoms. The maximum atomic E-state index is 16.0. The molecule has 12 aromatic heterocycles. The molecule has 10 aliphatic rings. The number of alkyl halides is 2. The summed E-state index contributed by atoms with van der Waals surface area (Å²) in [4.78, 5) is 161. The normalized spacial score (nSPS) is 38.4. The molecule has 8 bridgehead atoms. The summed E-state index contributed by atoms with van der Waals surface area (Å²) >= 11 is 33.8. The molecule has 136 heavy (non-hydrogen) atoms. The first-order valence-corrected chi connectivity index (χ1v) is 57.8. The van der Waals surface area contributed by atoms with E-state index in [-0.39, 0.29) is 104 Å².